The number of anilines is 1. The number of fused-ring (bicyclic) bond motifs is 1. The molecule has 0 saturated carbocycles. The van der Waals surface area contributed by atoms with E-state index in [2.05, 4.69) is 17.9 Å². The van der Waals surface area contributed by atoms with Gasteiger partial charge >= 0.3 is 0 Å². The lowest BCUT2D eigenvalue weighted by Crippen LogP contribution is -2.39. The van der Waals surface area contributed by atoms with E-state index in [0.29, 0.717) is 54.3 Å². The molecule has 1 fully saturated rings. The minimum Gasteiger partial charge on any atom is -0.490 e. The van der Waals surface area contributed by atoms with Crippen LogP contribution in [0.3, 0.4) is 0 Å². The normalized spacial score (nSPS) is 14.1. The highest BCUT2D eigenvalue weighted by molar-refractivity contribution is 7.22. The number of aromatic nitrogens is 1. The van der Waals surface area contributed by atoms with Crippen molar-refractivity contribution in [3.8, 4) is 17.2 Å². The van der Waals surface area contributed by atoms with Crippen molar-refractivity contribution in [2.45, 2.75) is 34.1 Å². The van der Waals surface area contributed by atoms with Crippen molar-refractivity contribution >= 4 is 32.6 Å². The maximum Gasteiger partial charge on any atom is 0.260 e. The fraction of sp³-hybridized carbons (Fsp3) is 0.500. The Morgan fingerprint density at radius 2 is 1.70 bits per heavy atom. The fourth-order valence-electron chi connectivity index (χ4n) is 4.36. The zero-order valence-corrected chi connectivity index (χ0v) is 23.1. The highest BCUT2D eigenvalue weighted by Crippen LogP contribution is 2.40. The van der Waals surface area contributed by atoms with Gasteiger partial charge in [-0.3, -0.25) is 14.6 Å². The minimum atomic E-state index is -0.136. The molecule has 0 spiro atoms. The molecule has 4 rings (SSSR count). The summed E-state index contributed by atoms with van der Waals surface area (Å²) in [4.78, 5) is 23.1. The van der Waals surface area contributed by atoms with Crippen molar-refractivity contribution in [1.82, 2.24) is 9.88 Å². The SMILES string of the molecule is CCOc1cc(C(=O)N(CCCN2CCOCC2)c2nc3ccc(C)cc3s2)cc(OCC)c1OCC. The van der Waals surface area contributed by atoms with Crippen molar-refractivity contribution < 1.29 is 23.7 Å². The first-order chi connectivity index (χ1) is 18.0. The van der Waals surface area contributed by atoms with Crippen LogP contribution < -0.4 is 19.1 Å². The number of thiazole rings is 1. The molecule has 8 nitrogen and oxygen atoms in total. The number of carbonyl (C=O) groups excluding carboxylic acids is 1. The van der Waals surface area contributed by atoms with Crippen LogP contribution >= 0.6 is 11.3 Å². The van der Waals surface area contributed by atoms with Gasteiger partial charge in [0.2, 0.25) is 5.75 Å². The third-order valence-electron chi connectivity index (χ3n) is 6.12. The minimum absolute atomic E-state index is 0.136. The molecule has 0 atom stereocenters. The van der Waals surface area contributed by atoms with E-state index in [9.17, 15) is 4.79 Å². The van der Waals surface area contributed by atoms with Crippen LogP contribution in [0.1, 0.15) is 43.1 Å². The van der Waals surface area contributed by atoms with Crippen molar-refractivity contribution in [3.63, 3.8) is 0 Å². The quantitative estimate of drug-likeness (QED) is 0.322. The molecule has 1 aliphatic heterocycles. The Balaban J connectivity index is 1.67. The van der Waals surface area contributed by atoms with Gasteiger partial charge in [-0.05, 0) is 63.9 Å². The topological polar surface area (TPSA) is 73.4 Å². The zero-order valence-electron chi connectivity index (χ0n) is 22.2. The summed E-state index contributed by atoms with van der Waals surface area (Å²) in [6.07, 6.45) is 0.828. The smallest absolute Gasteiger partial charge is 0.260 e. The number of morpholine rings is 1. The lowest BCUT2D eigenvalue weighted by atomic mass is 10.1. The molecule has 1 aliphatic rings. The van der Waals surface area contributed by atoms with Crippen LogP contribution in [-0.2, 0) is 4.74 Å². The third kappa shape index (κ3) is 6.71. The Bertz CT molecular complexity index is 1160. The number of nitrogens with zero attached hydrogens (tertiary/aromatic N) is 3. The number of rotatable bonds is 12. The van der Waals surface area contributed by atoms with E-state index in [1.807, 2.05) is 32.9 Å². The Morgan fingerprint density at radius 3 is 2.35 bits per heavy atom. The molecule has 3 aromatic rings. The molecule has 2 heterocycles. The van der Waals surface area contributed by atoms with Crippen LogP contribution in [0.25, 0.3) is 10.2 Å². The van der Waals surface area contributed by atoms with Gasteiger partial charge in [0.1, 0.15) is 0 Å². The van der Waals surface area contributed by atoms with E-state index < -0.39 is 0 Å². The first-order valence-corrected chi connectivity index (χ1v) is 13.9. The van der Waals surface area contributed by atoms with Crippen LogP contribution in [0, 0.1) is 6.92 Å². The number of hydrogen-bond donors (Lipinski definition) is 0. The number of aryl methyl sites for hydroxylation is 1. The summed E-state index contributed by atoms with van der Waals surface area (Å²) in [7, 11) is 0. The first-order valence-electron chi connectivity index (χ1n) is 13.1. The fourth-order valence-corrected chi connectivity index (χ4v) is 5.45. The molecular weight excluding hydrogens is 490 g/mol. The predicted octanol–water partition coefficient (Wildman–Crippen LogP) is 5.17. The van der Waals surface area contributed by atoms with Gasteiger partial charge in [0.25, 0.3) is 5.91 Å². The molecule has 1 saturated heterocycles. The van der Waals surface area contributed by atoms with E-state index in [0.717, 1.165) is 49.5 Å². The van der Waals surface area contributed by atoms with Gasteiger partial charge in [0, 0.05) is 31.7 Å². The molecule has 0 N–H and O–H groups in total. The molecule has 2 aromatic carbocycles. The molecule has 1 aromatic heterocycles. The highest BCUT2D eigenvalue weighted by Gasteiger charge is 2.25. The van der Waals surface area contributed by atoms with E-state index in [4.69, 9.17) is 23.9 Å². The Labute approximate surface area is 223 Å². The van der Waals surface area contributed by atoms with Gasteiger partial charge in [-0.1, -0.05) is 17.4 Å². The second kappa shape index (κ2) is 13.1. The summed E-state index contributed by atoms with van der Waals surface area (Å²) >= 11 is 1.54. The number of amides is 1. The summed E-state index contributed by atoms with van der Waals surface area (Å²) in [5.41, 5.74) is 2.55. The molecule has 0 radical (unpaired) electrons. The number of ether oxygens (including phenoxy) is 4. The second-order valence-electron chi connectivity index (χ2n) is 8.83. The van der Waals surface area contributed by atoms with Crippen LogP contribution in [-0.4, -0.2) is 75.0 Å². The molecule has 0 bridgehead atoms. The molecule has 1 amide bonds. The summed E-state index contributed by atoms with van der Waals surface area (Å²) in [5, 5.41) is 0.692. The third-order valence-corrected chi connectivity index (χ3v) is 7.17. The van der Waals surface area contributed by atoms with Crippen LogP contribution in [0.15, 0.2) is 30.3 Å². The molecular formula is C28H37N3O5S. The van der Waals surface area contributed by atoms with E-state index in [1.54, 1.807) is 28.4 Å². The lowest BCUT2D eigenvalue weighted by molar-refractivity contribution is 0.0376. The van der Waals surface area contributed by atoms with Gasteiger partial charge in [0.05, 0.1) is 43.3 Å². The first kappa shape index (κ1) is 27.2. The van der Waals surface area contributed by atoms with Gasteiger partial charge in [-0.15, -0.1) is 0 Å². The number of hydrogen-bond acceptors (Lipinski definition) is 8. The molecule has 200 valence electrons. The summed E-state index contributed by atoms with van der Waals surface area (Å²) in [6.45, 7) is 14.0. The lowest BCUT2D eigenvalue weighted by Gasteiger charge is -2.28. The molecule has 0 aliphatic carbocycles. The Morgan fingerprint density at radius 1 is 1.03 bits per heavy atom. The zero-order chi connectivity index (χ0) is 26.2. The highest BCUT2D eigenvalue weighted by atomic mass is 32.1. The summed E-state index contributed by atoms with van der Waals surface area (Å²) in [5.74, 6) is 1.40. The molecule has 9 heteroatoms. The molecule has 37 heavy (non-hydrogen) atoms. The number of carbonyl (C=O) groups is 1. The van der Waals surface area contributed by atoms with E-state index in [-0.39, 0.29) is 5.91 Å². The number of benzene rings is 2. The Hall–Kier alpha value is -2.88. The van der Waals surface area contributed by atoms with Crippen LogP contribution in [0.4, 0.5) is 5.13 Å². The van der Waals surface area contributed by atoms with E-state index in [1.165, 1.54) is 5.56 Å². The largest absolute Gasteiger partial charge is 0.490 e. The second-order valence-corrected chi connectivity index (χ2v) is 9.84. The van der Waals surface area contributed by atoms with Gasteiger partial charge < -0.3 is 18.9 Å². The summed E-state index contributed by atoms with van der Waals surface area (Å²) in [6, 6.07) is 9.69. The average molecular weight is 528 g/mol. The maximum absolute atomic E-state index is 14.1. The van der Waals surface area contributed by atoms with Gasteiger partial charge in [-0.25, -0.2) is 4.98 Å². The van der Waals surface area contributed by atoms with Crippen molar-refractivity contribution in [2.24, 2.45) is 0 Å². The van der Waals surface area contributed by atoms with Gasteiger partial charge in [0.15, 0.2) is 16.6 Å². The maximum atomic E-state index is 14.1. The van der Waals surface area contributed by atoms with Crippen molar-refractivity contribution in [3.05, 3.63) is 41.5 Å². The van der Waals surface area contributed by atoms with Crippen molar-refractivity contribution in [2.75, 3.05) is 64.1 Å². The van der Waals surface area contributed by atoms with Crippen LogP contribution in [0.5, 0.6) is 17.2 Å². The van der Waals surface area contributed by atoms with E-state index >= 15 is 0 Å². The van der Waals surface area contributed by atoms with Crippen LogP contribution in [0.2, 0.25) is 0 Å². The standard InChI is InChI=1S/C28H37N3O5S/c1-5-34-23-18-21(19-24(35-6-2)26(23)36-7-3)27(32)31(12-8-11-30-13-15-33-16-14-30)28-29-22-10-9-20(4)17-25(22)37-28/h9-10,17-19H,5-8,11-16H2,1-4H3. The Kier molecular flexibility index (Phi) is 9.60. The van der Waals surface area contributed by atoms with Crippen molar-refractivity contribution in [1.29, 1.82) is 0 Å². The summed E-state index contributed by atoms with van der Waals surface area (Å²) < 4.78 is 24.1. The predicted molar refractivity (Wildman–Crippen MR) is 148 cm³/mol. The monoisotopic (exact) mass is 527 g/mol. The van der Waals surface area contributed by atoms with Gasteiger partial charge in [-0.2, -0.15) is 0 Å². The molecule has 0 unspecified atom stereocenters. The average Bonchev–Trinajstić information content (AvgIpc) is 3.31.